The number of aryl methyl sites for hydroxylation is 1. The molecule has 140 valence electrons. The molecule has 2 aromatic carbocycles. The van der Waals surface area contributed by atoms with Crippen LogP contribution in [-0.2, 0) is 28.3 Å². The van der Waals surface area contributed by atoms with Crippen LogP contribution >= 0.6 is 0 Å². The van der Waals surface area contributed by atoms with Crippen LogP contribution in [0.15, 0.2) is 54.7 Å². The van der Waals surface area contributed by atoms with Gasteiger partial charge in [0.25, 0.3) is 0 Å². The first-order valence-electron chi connectivity index (χ1n) is 8.87. The van der Waals surface area contributed by atoms with E-state index in [0.29, 0.717) is 24.3 Å². The normalized spacial score (nSPS) is 16.0. The van der Waals surface area contributed by atoms with Crippen molar-refractivity contribution in [3.05, 3.63) is 60.3 Å². The van der Waals surface area contributed by atoms with E-state index in [-0.39, 0.29) is 18.1 Å². The average molecular weight is 383 g/mol. The Morgan fingerprint density at radius 2 is 1.85 bits per heavy atom. The van der Waals surface area contributed by atoms with Crippen LogP contribution in [0.2, 0.25) is 0 Å². The van der Waals surface area contributed by atoms with E-state index in [1.165, 1.54) is 4.31 Å². The van der Waals surface area contributed by atoms with Crippen molar-refractivity contribution >= 4 is 38.2 Å². The summed E-state index contributed by atoms with van der Waals surface area (Å²) in [5.41, 5.74) is 3.36. The molecule has 0 unspecified atom stereocenters. The summed E-state index contributed by atoms with van der Waals surface area (Å²) < 4.78 is 27.4. The number of rotatable bonds is 4. The zero-order valence-electron chi connectivity index (χ0n) is 15.1. The van der Waals surface area contributed by atoms with Crippen LogP contribution in [0, 0.1) is 0 Å². The average Bonchev–Trinajstić information content (AvgIpc) is 3.15. The molecule has 1 aliphatic rings. The van der Waals surface area contributed by atoms with Crippen molar-refractivity contribution in [2.75, 3.05) is 21.9 Å². The van der Waals surface area contributed by atoms with Gasteiger partial charge in [-0.25, -0.2) is 8.42 Å². The fourth-order valence-corrected chi connectivity index (χ4v) is 5.15. The fraction of sp³-hybridized carbons (Fsp3) is 0.250. The summed E-state index contributed by atoms with van der Waals surface area (Å²) in [5.74, 6) is 0.0872. The highest BCUT2D eigenvalue weighted by molar-refractivity contribution is 7.93. The van der Waals surface area contributed by atoms with Gasteiger partial charge in [-0.3, -0.25) is 9.10 Å². The molecular weight excluding hydrogens is 362 g/mol. The maximum absolute atomic E-state index is 12.5. The molecule has 1 aliphatic heterocycles. The van der Waals surface area contributed by atoms with Gasteiger partial charge < -0.3 is 9.88 Å². The minimum Gasteiger partial charge on any atom is -0.350 e. The number of nitrogens with one attached hydrogen (secondary N) is 1. The molecule has 1 fully saturated rings. The summed E-state index contributed by atoms with van der Waals surface area (Å²) in [5, 5.41) is 3.96. The number of carbonyl (C=O) groups excluding carboxylic acids is 1. The first-order chi connectivity index (χ1) is 12.9. The highest BCUT2D eigenvalue weighted by Gasteiger charge is 2.28. The summed E-state index contributed by atoms with van der Waals surface area (Å²) in [6.07, 6.45) is 2.90. The molecule has 0 saturated carbocycles. The Morgan fingerprint density at radius 3 is 2.56 bits per heavy atom. The Bertz CT molecular complexity index is 1100. The topological polar surface area (TPSA) is 71.4 Å². The second kappa shape index (κ2) is 6.74. The molecule has 27 heavy (non-hydrogen) atoms. The second-order valence-electron chi connectivity index (χ2n) is 6.80. The molecule has 3 aromatic rings. The molecule has 0 aliphatic carbocycles. The number of amides is 1. The van der Waals surface area contributed by atoms with E-state index in [1.807, 2.05) is 42.1 Å². The van der Waals surface area contributed by atoms with Gasteiger partial charge in [0.2, 0.25) is 15.9 Å². The lowest BCUT2D eigenvalue weighted by atomic mass is 10.1. The zero-order valence-corrected chi connectivity index (χ0v) is 15.9. The molecule has 1 amide bonds. The molecule has 6 nitrogen and oxygen atoms in total. The van der Waals surface area contributed by atoms with Gasteiger partial charge in [0.1, 0.15) is 0 Å². The number of anilines is 2. The molecular formula is C20H21N3O3S. The molecule has 1 N–H and O–H groups in total. The molecule has 1 saturated heterocycles. The second-order valence-corrected chi connectivity index (χ2v) is 8.81. The number of para-hydroxylation sites is 1. The molecule has 0 radical (unpaired) electrons. The van der Waals surface area contributed by atoms with Crippen LogP contribution in [-0.4, -0.2) is 31.2 Å². The SMILES string of the molecule is Cn1cc(CC(=O)Nc2ccc(N3CCCS3(=O)=O)cc2)c2ccccc21. The number of hydrogen-bond acceptors (Lipinski definition) is 3. The standard InChI is InChI=1S/C20H21N3O3S/c1-22-14-15(18-5-2-3-6-19(18)22)13-20(24)21-16-7-9-17(10-8-16)23-11-4-12-27(23,25)26/h2-3,5-10,14H,4,11-13H2,1H3,(H,21,24). The van der Waals surface area contributed by atoms with E-state index >= 15 is 0 Å². The maximum atomic E-state index is 12.5. The first-order valence-corrected chi connectivity index (χ1v) is 10.5. The Hall–Kier alpha value is -2.80. The number of hydrogen-bond donors (Lipinski definition) is 1. The van der Waals surface area contributed by atoms with Crippen LogP contribution in [0.25, 0.3) is 10.9 Å². The zero-order chi connectivity index (χ0) is 19.0. The van der Waals surface area contributed by atoms with Crippen molar-refractivity contribution < 1.29 is 13.2 Å². The lowest BCUT2D eigenvalue weighted by Gasteiger charge is -2.17. The van der Waals surface area contributed by atoms with Crippen LogP contribution in [0.1, 0.15) is 12.0 Å². The Kier molecular flexibility index (Phi) is 4.39. The number of benzene rings is 2. The monoisotopic (exact) mass is 383 g/mol. The quantitative estimate of drug-likeness (QED) is 0.753. The molecule has 0 atom stereocenters. The molecule has 0 bridgehead atoms. The van der Waals surface area contributed by atoms with Gasteiger partial charge in [-0.15, -0.1) is 0 Å². The number of carbonyl (C=O) groups is 1. The molecule has 1 aromatic heterocycles. The lowest BCUT2D eigenvalue weighted by molar-refractivity contribution is -0.115. The van der Waals surface area contributed by atoms with Crippen LogP contribution in [0.5, 0.6) is 0 Å². The number of sulfonamides is 1. The van der Waals surface area contributed by atoms with Gasteiger partial charge in [-0.1, -0.05) is 18.2 Å². The third-order valence-corrected chi connectivity index (χ3v) is 6.74. The van der Waals surface area contributed by atoms with Crippen LogP contribution in [0.3, 0.4) is 0 Å². The largest absolute Gasteiger partial charge is 0.350 e. The fourth-order valence-electron chi connectivity index (χ4n) is 3.59. The summed E-state index contributed by atoms with van der Waals surface area (Å²) >= 11 is 0. The third kappa shape index (κ3) is 3.42. The van der Waals surface area contributed by atoms with Gasteiger partial charge >= 0.3 is 0 Å². The Labute approximate surface area is 158 Å². The van der Waals surface area contributed by atoms with Crippen molar-refractivity contribution in [1.29, 1.82) is 0 Å². The van der Waals surface area contributed by atoms with Crippen molar-refractivity contribution in [3.8, 4) is 0 Å². The summed E-state index contributed by atoms with van der Waals surface area (Å²) in [6, 6.07) is 14.9. The summed E-state index contributed by atoms with van der Waals surface area (Å²) in [6.45, 7) is 0.509. The Balaban J connectivity index is 1.47. The predicted octanol–water partition coefficient (Wildman–Crippen LogP) is 2.90. The number of aromatic nitrogens is 1. The number of nitrogens with zero attached hydrogens (tertiary/aromatic N) is 2. The third-order valence-electron chi connectivity index (χ3n) is 4.87. The van der Waals surface area contributed by atoms with Gasteiger partial charge in [-0.2, -0.15) is 0 Å². The van der Waals surface area contributed by atoms with Crippen LogP contribution < -0.4 is 9.62 Å². The van der Waals surface area contributed by atoms with Crippen molar-refractivity contribution in [3.63, 3.8) is 0 Å². The highest BCUT2D eigenvalue weighted by Crippen LogP contribution is 2.26. The van der Waals surface area contributed by atoms with Gasteiger partial charge in [0.05, 0.1) is 17.9 Å². The number of fused-ring (bicyclic) bond motifs is 1. The first kappa shape index (κ1) is 17.6. The maximum Gasteiger partial charge on any atom is 0.235 e. The molecule has 0 spiro atoms. The van der Waals surface area contributed by atoms with E-state index in [2.05, 4.69) is 5.32 Å². The van der Waals surface area contributed by atoms with Crippen molar-refractivity contribution in [2.24, 2.45) is 7.05 Å². The molecule has 4 rings (SSSR count). The van der Waals surface area contributed by atoms with E-state index in [0.717, 1.165) is 16.5 Å². The summed E-state index contributed by atoms with van der Waals surface area (Å²) in [7, 11) is -1.22. The Morgan fingerprint density at radius 1 is 1.11 bits per heavy atom. The van der Waals surface area contributed by atoms with E-state index in [1.54, 1.807) is 24.3 Å². The summed E-state index contributed by atoms with van der Waals surface area (Å²) in [4.78, 5) is 12.5. The van der Waals surface area contributed by atoms with Gasteiger partial charge in [0, 0.05) is 36.4 Å². The van der Waals surface area contributed by atoms with Gasteiger partial charge in [-0.05, 0) is 42.3 Å². The van der Waals surface area contributed by atoms with Crippen molar-refractivity contribution in [2.45, 2.75) is 12.8 Å². The van der Waals surface area contributed by atoms with Crippen LogP contribution in [0.4, 0.5) is 11.4 Å². The van der Waals surface area contributed by atoms with E-state index in [4.69, 9.17) is 0 Å². The van der Waals surface area contributed by atoms with Gasteiger partial charge in [0.15, 0.2) is 0 Å². The van der Waals surface area contributed by atoms with E-state index in [9.17, 15) is 13.2 Å². The van der Waals surface area contributed by atoms with E-state index < -0.39 is 10.0 Å². The molecule has 2 heterocycles. The minimum absolute atomic E-state index is 0.104. The highest BCUT2D eigenvalue weighted by atomic mass is 32.2. The molecule has 7 heteroatoms. The lowest BCUT2D eigenvalue weighted by Crippen LogP contribution is -2.25. The predicted molar refractivity (Wildman–Crippen MR) is 107 cm³/mol. The smallest absolute Gasteiger partial charge is 0.235 e. The van der Waals surface area contributed by atoms with Crippen molar-refractivity contribution in [1.82, 2.24) is 4.57 Å². The minimum atomic E-state index is -3.19.